The number of hydrogen-bond donors (Lipinski definition) is 1. The number of halogens is 1. The number of benzene rings is 2. The van der Waals surface area contributed by atoms with Gasteiger partial charge in [-0.1, -0.05) is 35.4 Å². The summed E-state index contributed by atoms with van der Waals surface area (Å²) in [6.07, 6.45) is 0.617. The molecule has 0 heterocycles. The lowest BCUT2D eigenvalue weighted by Crippen LogP contribution is -2.15. The van der Waals surface area contributed by atoms with E-state index in [1.807, 2.05) is 0 Å². The summed E-state index contributed by atoms with van der Waals surface area (Å²) in [5.74, 6) is 0.186. The van der Waals surface area contributed by atoms with Crippen molar-refractivity contribution in [3.8, 4) is 5.75 Å². The SMILES string of the molecule is COc1ccc(C(N)Cc2cc(C)cc(C)c2)c(F)c1. The summed E-state index contributed by atoms with van der Waals surface area (Å²) in [7, 11) is 1.52. The van der Waals surface area contributed by atoms with Gasteiger partial charge in [0.15, 0.2) is 0 Å². The highest BCUT2D eigenvalue weighted by Gasteiger charge is 2.13. The predicted octanol–water partition coefficient (Wildman–Crippen LogP) is 3.69. The molecule has 0 saturated heterocycles. The molecule has 0 aliphatic rings. The van der Waals surface area contributed by atoms with E-state index in [-0.39, 0.29) is 11.9 Å². The number of aryl methyl sites for hydroxylation is 2. The van der Waals surface area contributed by atoms with Gasteiger partial charge in [0.2, 0.25) is 0 Å². The van der Waals surface area contributed by atoms with Crippen LogP contribution in [0.5, 0.6) is 5.75 Å². The highest BCUT2D eigenvalue weighted by Crippen LogP contribution is 2.23. The fourth-order valence-corrected chi connectivity index (χ4v) is 2.49. The lowest BCUT2D eigenvalue weighted by molar-refractivity contribution is 0.410. The fourth-order valence-electron chi connectivity index (χ4n) is 2.49. The van der Waals surface area contributed by atoms with Crippen molar-refractivity contribution in [2.45, 2.75) is 26.3 Å². The van der Waals surface area contributed by atoms with Gasteiger partial charge in [-0.15, -0.1) is 0 Å². The van der Waals surface area contributed by atoms with Crippen LogP contribution >= 0.6 is 0 Å². The van der Waals surface area contributed by atoms with Gasteiger partial charge in [0.1, 0.15) is 11.6 Å². The molecule has 2 nitrogen and oxygen atoms in total. The molecule has 0 aliphatic carbocycles. The largest absolute Gasteiger partial charge is 0.497 e. The van der Waals surface area contributed by atoms with Crippen molar-refractivity contribution >= 4 is 0 Å². The number of ether oxygens (including phenoxy) is 1. The molecule has 0 spiro atoms. The van der Waals surface area contributed by atoms with Gasteiger partial charge in [-0.2, -0.15) is 0 Å². The van der Waals surface area contributed by atoms with Crippen molar-refractivity contribution in [1.29, 1.82) is 0 Å². The quantitative estimate of drug-likeness (QED) is 0.922. The first-order valence-corrected chi connectivity index (χ1v) is 6.66. The number of rotatable bonds is 4. The Balaban J connectivity index is 2.21. The smallest absolute Gasteiger partial charge is 0.131 e. The first-order valence-electron chi connectivity index (χ1n) is 6.66. The van der Waals surface area contributed by atoms with Crippen LogP contribution in [0.4, 0.5) is 4.39 Å². The Morgan fingerprint density at radius 3 is 2.30 bits per heavy atom. The molecule has 0 aromatic heterocycles. The molecule has 3 heteroatoms. The molecule has 0 amide bonds. The molecular weight excluding hydrogens is 253 g/mol. The highest BCUT2D eigenvalue weighted by molar-refractivity contribution is 5.33. The van der Waals surface area contributed by atoms with E-state index in [0.29, 0.717) is 17.7 Å². The number of nitrogens with two attached hydrogens (primary N) is 1. The first kappa shape index (κ1) is 14.5. The summed E-state index contributed by atoms with van der Waals surface area (Å²) in [5, 5.41) is 0. The maximum absolute atomic E-state index is 14.0. The summed E-state index contributed by atoms with van der Waals surface area (Å²) >= 11 is 0. The summed E-state index contributed by atoms with van der Waals surface area (Å²) in [5.41, 5.74) is 10.2. The normalized spacial score (nSPS) is 12.2. The molecule has 2 aromatic rings. The monoisotopic (exact) mass is 273 g/mol. The zero-order chi connectivity index (χ0) is 14.7. The van der Waals surface area contributed by atoms with Crippen LogP contribution in [-0.2, 0) is 6.42 Å². The Labute approximate surface area is 119 Å². The molecule has 0 radical (unpaired) electrons. The minimum atomic E-state index is -0.359. The van der Waals surface area contributed by atoms with Gasteiger partial charge in [0, 0.05) is 17.7 Å². The molecule has 2 aromatic carbocycles. The van der Waals surface area contributed by atoms with Crippen LogP contribution in [-0.4, -0.2) is 7.11 Å². The summed E-state index contributed by atoms with van der Waals surface area (Å²) in [4.78, 5) is 0. The fraction of sp³-hybridized carbons (Fsp3) is 0.294. The standard InChI is InChI=1S/C17H20FNO/c1-11-6-12(2)8-13(7-11)9-17(19)15-5-4-14(20-3)10-16(15)18/h4-8,10,17H,9,19H2,1-3H3. The predicted molar refractivity (Wildman–Crippen MR) is 79.5 cm³/mol. The zero-order valence-electron chi connectivity index (χ0n) is 12.1. The minimum Gasteiger partial charge on any atom is -0.497 e. The van der Waals surface area contributed by atoms with E-state index in [1.54, 1.807) is 12.1 Å². The first-order chi connectivity index (χ1) is 9.49. The van der Waals surface area contributed by atoms with Gasteiger partial charge in [0.25, 0.3) is 0 Å². The van der Waals surface area contributed by atoms with Gasteiger partial charge in [-0.05, 0) is 31.9 Å². The van der Waals surface area contributed by atoms with Crippen LogP contribution in [0.3, 0.4) is 0 Å². The maximum atomic E-state index is 14.0. The van der Waals surface area contributed by atoms with Crippen molar-refractivity contribution < 1.29 is 9.13 Å². The Kier molecular flexibility index (Phi) is 4.40. The van der Waals surface area contributed by atoms with Crippen LogP contribution in [0, 0.1) is 19.7 Å². The van der Waals surface area contributed by atoms with Crippen LogP contribution in [0.15, 0.2) is 36.4 Å². The average Bonchev–Trinajstić information content (AvgIpc) is 2.36. The third kappa shape index (κ3) is 3.36. The topological polar surface area (TPSA) is 35.2 Å². The van der Waals surface area contributed by atoms with Crippen molar-refractivity contribution in [2.75, 3.05) is 7.11 Å². The van der Waals surface area contributed by atoms with E-state index in [1.165, 1.54) is 24.3 Å². The van der Waals surface area contributed by atoms with E-state index < -0.39 is 0 Å². The summed E-state index contributed by atoms with van der Waals surface area (Å²) < 4.78 is 19.0. The molecule has 0 saturated carbocycles. The van der Waals surface area contributed by atoms with Crippen molar-refractivity contribution in [3.63, 3.8) is 0 Å². The van der Waals surface area contributed by atoms with E-state index in [4.69, 9.17) is 10.5 Å². The Bertz CT molecular complexity index is 590. The van der Waals surface area contributed by atoms with E-state index in [0.717, 1.165) is 5.56 Å². The molecule has 0 bridgehead atoms. The van der Waals surface area contributed by atoms with Crippen molar-refractivity contribution in [3.05, 3.63) is 64.5 Å². The van der Waals surface area contributed by atoms with E-state index in [2.05, 4.69) is 32.0 Å². The summed E-state index contributed by atoms with van der Waals surface area (Å²) in [6.45, 7) is 4.10. The van der Waals surface area contributed by atoms with Crippen LogP contribution in [0.25, 0.3) is 0 Å². The van der Waals surface area contributed by atoms with Crippen LogP contribution in [0.2, 0.25) is 0 Å². The second-order valence-electron chi connectivity index (χ2n) is 5.19. The van der Waals surface area contributed by atoms with Gasteiger partial charge in [-0.3, -0.25) is 0 Å². The second-order valence-corrected chi connectivity index (χ2v) is 5.19. The third-order valence-corrected chi connectivity index (χ3v) is 3.34. The van der Waals surface area contributed by atoms with E-state index in [9.17, 15) is 4.39 Å². The molecule has 20 heavy (non-hydrogen) atoms. The molecule has 106 valence electrons. The molecule has 0 fully saturated rings. The minimum absolute atomic E-state index is 0.318. The van der Waals surface area contributed by atoms with Crippen LogP contribution < -0.4 is 10.5 Å². The molecule has 2 rings (SSSR count). The van der Waals surface area contributed by atoms with Gasteiger partial charge >= 0.3 is 0 Å². The Hall–Kier alpha value is -1.87. The molecule has 1 atom stereocenters. The Morgan fingerprint density at radius 1 is 1.10 bits per heavy atom. The second kappa shape index (κ2) is 6.06. The number of hydrogen-bond acceptors (Lipinski definition) is 2. The molecular formula is C17H20FNO. The molecule has 2 N–H and O–H groups in total. The van der Waals surface area contributed by atoms with Crippen molar-refractivity contribution in [1.82, 2.24) is 0 Å². The Morgan fingerprint density at radius 2 is 1.75 bits per heavy atom. The maximum Gasteiger partial charge on any atom is 0.131 e. The highest BCUT2D eigenvalue weighted by atomic mass is 19.1. The van der Waals surface area contributed by atoms with Crippen molar-refractivity contribution in [2.24, 2.45) is 5.73 Å². The lowest BCUT2D eigenvalue weighted by Gasteiger charge is -2.15. The molecule has 1 unspecified atom stereocenters. The third-order valence-electron chi connectivity index (χ3n) is 3.34. The average molecular weight is 273 g/mol. The van der Waals surface area contributed by atoms with Crippen LogP contribution in [0.1, 0.15) is 28.3 Å². The number of methoxy groups -OCH3 is 1. The van der Waals surface area contributed by atoms with Gasteiger partial charge in [-0.25, -0.2) is 4.39 Å². The van der Waals surface area contributed by atoms with E-state index >= 15 is 0 Å². The summed E-state index contributed by atoms with van der Waals surface area (Å²) in [6, 6.07) is 10.7. The molecule has 0 aliphatic heterocycles. The lowest BCUT2D eigenvalue weighted by atomic mass is 9.97. The van der Waals surface area contributed by atoms with Gasteiger partial charge in [0.05, 0.1) is 7.11 Å². The zero-order valence-corrected chi connectivity index (χ0v) is 12.1. The van der Waals surface area contributed by atoms with Gasteiger partial charge < -0.3 is 10.5 Å².